The van der Waals surface area contributed by atoms with Crippen molar-refractivity contribution in [2.75, 3.05) is 11.4 Å². The Morgan fingerprint density at radius 1 is 1.42 bits per heavy atom. The maximum absolute atomic E-state index is 12.6. The average molecular weight is 257 g/mol. The van der Waals surface area contributed by atoms with E-state index in [1.54, 1.807) is 11.0 Å². The van der Waals surface area contributed by atoms with Crippen molar-refractivity contribution in [3.05, 3.63) is 29.8 Å². The van der Waals surface area contributed by atoms with Gasteiger partial charge in [0.2, 0.25) is 5.91 Å². The minimum absolute atomic E-state index is 0.0135. The van der Waals surface area contributed by atoms with Crippen LogP contribution in [-0.2, 0) is 4.79 Å². The lowest BCUT2D eigenvalue weighted by molar-refractivity contribution is -0.123. The molecule has 1 amide bonds. The lowest BCUT2D eigenvalue weighted by Gasteiger charge is -2.30. The van der Waals surface area contributed by atoms with Crippen LogP contribution < -0.4 is 10.2 Å². The highest BCUT2D eigenvalue weighted by Gasteiger charge is 2.37. The maximum atomic E-state index is 12.6. The van der Waals surface area contributed by atoms with Gasteiger partial charge >= 0.3 is 0 Å². The summed E-state index contributed by atoms with van der Waals surface area (Å²) in [6, 6.07) is 9.69. The predicted octanol–water partition coefficient (Wildman–Crippen LogP) is 2.05. The molecular formula is C15H19N3O. The van der Waals surface area contributed by atoms with Crippen LogP contribution in [0.5, 0.6) is 0 Å². The summed E-state index contributed by atoms with van der Waals surface area (Å²) in [5.74, 6) is 0.0135. The molecule has 0 radical (unpaired) electrons. The quantitative estimate of drug-likeness (QED) is 0.837. The summed E-state index contributed by atoms with van der Waals surface area (Å²) in [5, 5.41) is 12.5. The van der Waals surface area contributed by atoms with Gasteiger partial charge in [0.15, 0.2) is 0 Å². The fourth-order valence-electron chi connectivity index (χ4n) is 2.55. The normalized spacial score (nSPS) is 22.7. The molecule has 1 unspecified atom stereocenters. The van der Waals surface area contributed by atoms with E-state index in [4.69, 9.17) is 0 Å². The van der Waals surface area contributed by atoms with Gasteiger partial charge < -0.3 is 10.2 Å². The van der Waals surface area contributed by atoms with Crippen molar-refractivity contribution in [2.24, 2.45) is 0 Å². The Hall–Kier alpha value is -1.86. The number of rotatable bonds is 1. The summed E-state index contributed by atoms with van der Waals surface area (Å²) in [4.78, 5) is 14.4. The highest BCUT2D eigenvalue weighted by atomic mass is 16.2. The molecule has 1 atom stereocenters. The van der Waals surface area contributed by atoms with Gasteiger partial charge in [0.05, 0.1) is 16.8 Å². The molecule has 0 saturated carbocycles. The first kappa shape index (κ1) is 13.6. The van der Waals surface area contributed by atoms with Crippen molar-refractivity contribution in [3.8, 4) is 6.07 Å². The van der Waals surface area contributed by atoms with Crippen LogP contribution in [0.2, 0.25) is 0 Å². The summed E-state index contributed by atoms with van der Waals surface area (Å²) in [6.45, 7) is 6.49. The molecule has 1 N–H and O–H groups in total. The number of amides is 1. The monoisotopic (exact) mass is 257 g/mol. The lowest BCUT2D eigenvalue weighted by Crippen LogP contribution is -2.53. The minimum atomic E-state index is -0.613. The van der Waals surface area contributed by atoms with Crippen LogP contribution in [0.1, 0.15) is 32.8 Å². The number of carbonyl (C=O) groups is 1. The average Bonchev–Trinajstić information content (AvgIpc) is 2.47. The summed E-state index contributed by atoms with van der Waals surface area (Å²) in [7, 11) is 0. The molecule has 4 nitrogen and oxygen atoms in total. The van der Waals surface area contributed by atoms with Crippen LogP contribution >= 0.6 is 0 Å². The van der Waals surface area contributed by atoms with E-state index in [1.165, 1.54) is 0 Å². The van der Waals surface area contributed by atoms with Gasteiger partial charge in [-0.25, -0.2) is 0 Å². The molecule has 2 rings (SSSR count). The topological polar surface area (TPSA) is 56.1 Å². The van der Waals surface area contributed by atoms with E-state index < -0.39 is 5.54 Å². The molecule has 0 aromatic heterocycles. The Labute approximate surface area is 114 Å². The van der Waals surface area contributed by atoms with Crippen molar-refractivity contribution < 1.29 is 4.79 Å². The van der Waals surface area contributed by atoms with E-state index in [2.05, 4.69) is 18.3 Å². The predicted molar refractivity (Wildman–Crippen MR) is 74.8 cm³/mol. The summed E-state index contributed by atoms with van der Waals surface area (Å²) in [6.07, 6.45) is 0.870. The van der Waals surface area contributed by atoms with E-state index >= 15 is 0 Å². The van der Waals surface area contributed by atoms with Crippen molar-refractivity contribution in [1.82, 2.24) is 5.32 Å². The van der Waals surface area contributed by atoms with Crippen LogP contribution in [0.15, 0.2) is 24.3 Å². The largest absolute Gasteiger partial charge is 0.309 e. The second-order valence-corrected chi connectivity index (χ2v) is 5.54. The smallest absolute Gasteiger partial charge is 0.246 e. The third-order valence-corrected chi connectivity index (χ3v) is 3.49. The number of hydrogen-bond acceptors (Lipinski definition) is 3. The second kappa shape index (κ2) is 5.02. The SMILES string of the molecule is CC1CCN(c2ccccc2C#N)C(=O)C(C)(C)N1. The Kier molecular flexibility index (Phi) is 3.59. The third-order valence-electron chi connectivity index (χ3n) is 3.49. The van der Waals surface area contributed by atoms with Crippen LogP contribution in [0.25, 0.3) is 0 Å². The van der Waals surface area contributed by atoms with Crippen LogP contribution in [0.4, 0.5) is 5.69 Å². The van der Waals surface area contributed by atoms with Gasteiger partial charge in [0, 0.05) is 12.6 Å². The maximum Gasteiger partial charge on any atom is 0.246 e. The molecule has 0 bridgehead atoms. The molecular weight excluding hydrogens is 238 g/mol. The Morgan fingerprint density at radius 2 is 2.11 bits per heavy atom. The van der Waals surface area contributed by atoms with Crippen molar-refractivity contribution >= 4 is 11.6 Å². The third kappa shape index (κ3) is 2.61. The second-order valence-electron chi connectivity index (χ2n) is 5.54. The first-order chi connectivity index (χ1) is 8.95. The number of nitrogens with one attached hydrogen (secondary N) is 1. The molecule has 1 saturated heterocycles. The van der Waals surface area contributed by atoms with Crippen molar-refractivity contribution in [2.45, 2.75) is 38.8 Å². The lowest BCUT2D eigenvalue weighted by atomic mass is 10.0. The number of anilines is 1. The van der Waals surface area contributed by atoms with Gasteiger partial charge in [-0.2, -0.15) is 5.26 Å². The van der Waals surface area contributed by atoms with Gasteiger partial charge in [0.25, 0.3) is 0 Å². The van der Waals surface area contributed by atoms with E-state index in [9.17, 15) is 10.1 Å². The molecule has 100 valence electrons. The molecule has 1 aromatic rings. The number of carbonyl (C=O) groups excluding carboxylic acids is 1. The number of benzene rings is 1. The molecule has 1 heterocycles. The van der Waals surface area contributed by atoms with Gasteiger partial charge in [-0.15, -0.1) is 0 Å². The number of nitrogens with zero attached hydrogens (tertiary/aromatic N) is 2. The molecule has 1 aliphatic rings. The van der Waals surface area contributed by atoms with Gasteiger partial charge in [-0.3, -0.25) is 4.79 Å². The van der Waals surface area contributed by atoms with Crippen LogP contribution in [-0.4, -0.2) is 24.0 Å². The Morgan fingerprint density at radius 3 is 2.79 bits per heavy atom. The Bertz CT molecular complexity index is 530. The van der Waals surface area contributed by atoms with Crippen LogP contribution in [0.3, 0.4) is 0 Å². The molecule has 0 spiro atoms. The molecule has 1 aromatic carbocycles. The zero-order chi connectivity index (χ0) is 14.0. The van der Waals surface area contributed by atoms with Crippen LogP contribution in [0, 0.1) is 11.3 Å². The van der Waals surface area contributed by atoms with Crippen molar-refractivity contribution in [1.29, 1.82) is 5.26 Å². The highest BCUT2D eigenvalue weighted by Crippen LogP contribution is 2.25. The van der Waals surface area contributed by atoms with E-state index in [0.29, 0.717) is 17.8 Å². The fraction of sp³-hybridized carbons (Fsp3) is 0.467. The number of para-hydroxylation sites is 1. The van der Waals surface area contributed by atoms with E-state index in [1.807, 2.05) is 32.0 Å². The van der Waals surface area contributed by atoms with Crippen molar-refractivity contribution in [3.63, 3.8) is 0 Å². The molecule has 1 fully saturated rings. The summed E-state index contributed by atoms with van der Waals surface area (Å²) in [5.41, 5.74) is 0.638. The van der Waals surface area contributed by atoms with Gasteiger partial charge in [-0.1, -0.05) is 12.1 Å². The standard InChI is InChI=1S/C15H19N3O/c1-11-8-9-18(14(19)15(2,3)17-11)13-7-5-4-6-12(13)10-16/h4-7,11,17H,8-9H2,1-3H3. The van der Waals surface area contributed by atoms with E-state index in [-0.39, 0.29) is 11.9 Å². The zero-order valence-electron chi connectivity index (χ0n) is 11.6. The Balaban J connectivity index is 2.43. The molecule has 4 heteroatoms. The van der Waals surface area contributed by atoms with Gasteiger partial charge in [-0.05, 0) is 39.3 Å². The minimum Gasteiger partial charge on any atom is -0.309 e. The fourth-order valence-corrected chi connectivity index (χ4v) is 2.55. The number of nitriles is 1. The highest BCUT2D eigenvalue weighted by molar-refractivity contribution is 6.00. The zero-order valence-corrected chi connectivity index (χ0v) is 11.6. The molecule has 19 heavy (non-hydrogen) atoms. The molecule has 0 aliphatic carbocycles. The first-order valence-corrected chi connectivity index (χ1v) is 6.54. The summed E-state index contributed by atoms with van der Waals surface area (Å²) >= 11 is 0. The van der Waals surface area contributed by atoms with E-state index in [0.717, 1.165) is 6.42 Å². The van der Waals surface area contributed by atoms with Gasteiger partial charge in [0.1, 0.15) is 6.07 Å². The number of hydrogen-bond donors (Lipinski definition) is 1. The molecule has 1 aliphatic heterocycles. The first-order valence-electron chi connectivity index (χ1n) is 6.54. The summed E-state index contributed by atoms with van der Waals surface area (Å²) < 4.78 is 0.